The van der Waals surface area contributed by atoms with Crippen molar-refractivity contribution < 1.29 is 8.78 Å². The molecule has 106 valence electrons. The Balaban J connectivity index is 2.55. The molecular formula is C15H13BrClF2N. The van der Waals surface area contributed by atoms with Crippen LogP contribution in [0.25, 0.3) is 0 Å². The average Bonchev–Trinajstić information content (AvgIpc) is 2.44. The molecule has 2 aromatic rings. The highest BCUT2D eigenvalue weighted by molar-refractivity contribution is 9.10. The van der Waals surface area contributed by atoms with Crippen LogP contribution < -0.4 is 5.32 Å². The van der Waals surface area contributed by atoms with Crippen LogP contribution in [0, 0.1) is 11.6 Å². The predicted molar refractivity (Wildman–Crippen MR) is 81.0 cm³/mol. The number of hydrogen-bond donors (Lipinski definition) is 1. The zero-order valence-corrected chi connectivity index (χ0v) is 13.1. The first-order chi connectivity index (χ1) is 9.56. The number of benzene rings is 2. The van der Waals surface area contributed by atoms with Crippen molar-refractivity contribution in [1.82, 2.24) is 5.32 Å². The molecule has 0 aliphatic heterocycles. The van der Waals surface area contributed by atoms with Crippen LogP contribution >= 0.6 is 27.5 Å². The fourth-order valence-electron chi connectivity index (χ4n) is 2.06. The van der Waals surface area contributed by atoms with Gasteiger partial charge in [-0.1, -0.05) is 42.8 Å². The van der Waals surface area contributed by atoms with Crippen molar-refractivity contribution in [3.8, 4) is 0 Å². The molecule has 0 bridgehead atoms. The molecule has 2 rings (SSSR count). The van der Waals surface area contributed by atoms with E-state index in [0.717, 1.165) is 11.6 Å². The lowest BCUT2D eigenvalue weighted by Crippen LogP contribution is -2.23. The van der Waals surface area contributed by atoms with Crippen LogP contribution in [0.15, 0.2) is 40.9 Å². The number of rotatable bonds is 4. The first kappa shape index (κ1) is 15.4. The molecule has 0 saturated heterocycles. The summed E-state index contributed by atoms with van der Waals surface area (Å²) in [5, 5.41) is 3.82. The van der Waals surface area contributed by atoms with Crippen LogP contribution in [-0.2, 0) is 0 Å². The summed E-state index contributed by atoms with van der Waals surface area (Å²) in [6, 6.07) is 9.70. The number of hydrogen-bond acceptors (Lipinski definition) is 1. The molecule has 5 heteroatoms. The van der Waals surface area contributed by atoms with Gasteiger partial charge in [0.15, 0.2) is 11.6 Å². The average molecular weight is 361 g/mol. The highest BCUT2D eigenvalue weighted by atomic mass is 79.9. The number of halogens is 4. The van der Waals surface area contributed by atoms with E-state index >= 15 is 0 Å². The fraction of sp³-hybridized carbons (Fsp3) is 0.200. The minimum Gasteiger partial charge on any atom is -0.306 e. The molecule has 20 heavy (non-hydrogen) atoms. The Bertz CT molecular complexity index is 619. The molecule has 0 aliphatic rings. The topological polar surface area (TPSA) is 12.0 Å². The molecule has 1 nitrogen and oxygen atoms in total. The molecule has 0 saturated carbocycles. The van der Waals surface area contributed by atoms with Crippen molar-refractivity contribution in [2.75, 3.05) is 6.54 Å². The summed E-state index contributed by atoms with van der Waals surface area (Å²) in [4.78, 5) is 0. The van der Waals surface area contributed by atoms with Gasteiger partial charge >= 0.3 is 0 Å². The summed E-state index contributed by atoms with van der Waals surface area (Å²) >= 11 is 9.33. The Morgan fingerprint density at radius 2 is 1.85 bits per heavy atom. The highest BCUT2D eigenvalue weighted by Crippen LogP contribution is 2.34. The van der Waals surface area contributed by atoms with E-state index in [-0.39, 0.29) is 10.5 Å². The lowest BCUT2D eigenvalue weighted by Gasteiger charge is -2.21. The van der Waals surface area contributed by atoms with Crippen molar-refractivity contribution in [2.45, 2.75) is 13.0 Å². The Hall–Kier alpha value is -0.970. The largest absolute Gasteiger partial charge is 0.306 e. The van der Waals surface area contributed by atoms with Crippen LogP contribution in [-0.4, -0.2) is 6.54 Å². The maximum absolute atomic E-state index is 13.7. The third-order valence-electron chi connectivity index (χ3n) is 3.00. The molecule has 1 N–H and O–H groups in total. The Morgan fingerprint density at radius 1 is 1.15 bits per heavy atom. The fourth-order valence-corrected chi connectivity index (χ4v) is 2.86. The SMILES string of the molecule is CCNC(c1ccccc1Cl)c1ccc(F)c(F)c1Br. The quantitative estimate of drug-likeness (QED) is 0.750. The zero-order chi connectivity index (χ0) is 14.7. The predicted octanol–water partition coefficient (Wildman–Crippen LogP) is 5.08. The van der Waals surface area contributed by atoms with E-state index in [4.69, 9.17) is 11.6 Å². The van der Waals surface area contributed by atoms with Crippen LogP contribution in [0.2, 0.25) is 5.02 Å². The molecule has 0 aliphatic carbocycles. The maximum atomic E-state index is 13.7. The third-order valence-corrected chi connectivity index (χ3v) is 4.15. The maximum Gasteiger partial charge on any atom is 0.173 e. The minimum absolute atomic E-state index is 0.114. The number of nitrogens with one attached hydrogen (secondary N) is 1. The van der Waals surface area contributed by atoms with E-state index in [9.17, 15) is 8.78 Å². The van der Waals surface area contributed by atoms with Gasteiger partial charge in [0.25, 0.3) is 0 Å². The van der Waals surface area contributed by atoms with Crippen molar-refractivity contribution >= 4 is 27.5 Å². The van der Waals surface area contributed by atoms with Gasteiger partial charge in [-0.2, -0.15) is 0 Å². The van der Waals surface area contributed by atoms with Crippen molar-refractivity contribution in [3.63, 3.8) is 0 Å². The second kappa shape index (κ2) is 6.66. The normalized spacial score (nSPS) is 12.4. The van der Waals surface area contributed by atoms with E-state index in [1.807, 2.05) is 25.1 Å². The van der Waals surface area contributed by atoms with Crippen molar-refractivity contribution in [1.29, 1.82) is 0 Å². The monoisotopic (exact) mass is 359 g/mol. The van der Waals surface area contributed by atoms with E-state index in [0.29, 0.717) is 17.1 Å². The summed E-state index contributed by atoms with van der Waals surface area (Å²) in [5.74, 6) is -1.77. The smallest absolute Gasteiger partial charge is 0.173 e. The van der Waals surface area contributed by atoms with E-state index < -0.39 is 11.6 Å². The summed E-state index contributed by atoms with van der Waals surface area (Å²) in [5.41, 5.74) is 1.43. The van der Waals surface area contributed by atoms with Crippen LogP contribution in [0.1, 0.15) is 24.1 Å². The van der Waals surface area contributed by atoms with Gasteiger partial charge in [-0.15, -0.1) is 0 Å². The van der Waals surface area contributed by atoms with Gasteiger partial charge in [-0.05, 0) is 45.7 Å². The molecule has 0 heterocycles. The first-order valence-corrected chi connectivity index (χ1v) is 7.34. The van der Waals surface area contributed by atoms with Crippen LogP contribution in [0.4, 0.5) is 8.78 Å². The van der Waals surface area contributed by atoms with Gasteiger partial charge in [-0.3, -0.25) is 0 Å². The molecular weight excluding hydrogens is 348 g/mol. The summed E-state index contributed by atoms with van der Waals surface area (Å²) in [6.07, 6.45) is 0. The molecule has 0 amide bonds. The molecule has 0 spiro atoms. The highest BCUT2D eigenvalue weighted by Gasteiger charge is 2.21. The third kappa shape index (κ3) is 3.03. The van der Waals surface area contributed by atoms with Crippen molar-refractivity contribution in [2.24, 2.45) is 0 Å². The second-order valence-corrected chi connectivity index (χ2v) is 5.48. The van der Waals surface area contributed by atoms with Gasteiger partial charge in [-0.25, -0.2) is 8.78 Å². The molecule has 0 fully saturated rings. The molecule has 1 unspecified atom stereocenters. The van der Waals surface area contributed by atoms with Gasteiger partial charge in [0.2, 0.25) is 0 Å². The van der Waals surface area contributed by atoms with Crippen LogP contribution in [0.5, 0.6) is 0 Å². The van der Waals surface area contributed by atoms with Gasteiger partial charge in [0.1, 0.15) is 0 Å². The van der Waals surface area contributed by atoms with E-state index in [2.05, 4.69) is 21.2 Å². The second-order valence-electron chi connectivity index (χ2n) is 4.28. The Morgan fingerprint density at radius 3 is 2.50 bits per heavy atom. The Labute approximate surface area is 130 Å². The van der Waals surface area contributed by atoms with Gasteiger partial charge in [0, 0.05) is 5.02 Å². The molecule has 2 aromatic carbocycles. The summed E-state index contributed by atoms with van der Waals surface area (Å²) in [6.45, 7) is 2.61. The molecule has 0 aromatic heterocycles. The van der Waals surface area contributed by atoms with E-state index in [1.165, 1.54) is 0 Å². The van der Waals surface area contributed by atoms with Gasteiger partial charge in [0.05, 0.1) is 10.5 Å². The standard InChI is InChI=1S/C15H13BrClF2N/c1-2-20-15(9-5-3-4-6-11(9)17)10-7-8-12(18)14(19)13(10)16/h3-8,15,20H,2H2,1H3. The van der Waals surface area contributed by atoms with Gasteiger partial charge < -0.3 is 5.32 Å². The molecule has 1 atom stereocenters. The van der Waals surface area contributed by atoms with E-state index in [1.54, 1.807) is 12.1 Å². The lowest BCUT2D eigenvalue weighted by molar-refractivity contribution is 0.498. The first-order valence-electron chi connectivity index (χ1n) is 6.17. The Kier molecular flexibility index (Phi) is 5.13. The van der Waals surface area contributed by atoms with Crippen molar-refractivity contribution in [3.05, 3.63) is 68.7 Å². The summed E-state index contributed by atoms with van der Waals surface area (Å²) < 4.78 is 27.1. The minimum atomic E-state index is -0.891. The zero-order valence-electron chi connectivity index (χ0n) is 10.8. The summed E-state index contributed by atoms with van der Waals surface area (Å²) in [7, 11) is 0. The lowest BCUT2D eigenvalue weighted by atomic mass is 9.98. The van der Waals surface area contributed by atoms with Crippen LogP contribution in [0.3, 0.4) is 0 Å². The molecule has 0 radical (unpaired) electrons.